The molecule has 8 heteroatoms. The number of methoxy groups -OCH3 is 1. The highest BCUT2D eigenvalue weighted by molar-refractivity contribution is 5.96. The molecule has 0 radical (unpaired) electrons. The average Bonchev–Trinajstić information content (AvgIpc) is 2.73. The third-order valence-corrected chi connectivity index (χ3v) is 4.15. The van der Waals surface area contributed by atoms with E-state index in [-0.39, 0.29) is 29.6 Å². The van der Waals surface area contributed by atoms with Crippen LogP contribution in [-0.2, 0) is 13.1 Å². The van der Waals surface area contributed by atoms with Gasteiger partial charge in [-0.15, -0.1) is 0 Å². The van der Waals surface area contributed by atoms with Gasteiger partial charge >= 0.3 is 0 Å². The van der Waals surface area contributed by atoms with Crippen LogP contribution in [0.1, 0.15) is 21.6 Å². The Morgan fingerprint density at radius 2 is 1.55 bits per heavy atom. The van der Waals surface area contributed by atoms with Crippen molar-refractivity contribution in [2.75, 3.05) is 12.4 Å². The summed E-state index contributed by atoms with van der Waals surface area (Å²) in [6.07, 6.45) is 0. The summed E-state index contributed by atoms with van der Waals surface area (Å²) in [5.74, 6) is -1.33. The monoisotopic (exact) mass is 399 g/mol. The number of pyridine rings is 1. The lowest BCUT2D eigenvalue weighted by atomic mass is 10.2. The highest BCUT2D eigenvalue weighted by Gasteiger charge is 2.19. The van der Waals surface area contributed by atoms with E-state index in [1.165, 1.54) is 37.4 Å². The molecule has 0 spiro atoms. The molecule has 1 heterocycles. The van der Waals surface area contributed by atoms with E-state index in [0.29, 0.717) is 17.9 Å². The first kappa shape index (κ1) is 20.1. The van der Waals surface area contributed by atoms with E-state index in [4.69, 9.17) is 4.74 Å². The van der Waals surface area contributed by atoms with Gasteiger partial charge in [0.25, 0.3) is 5.91 Å². The van der Waals surface area contributed by atoms with Crippen molar-refractivity contribution in [2.24, 2.45) is 0 Å². The molecule has 1 amide bonds. The van der Waals surface area contributed by atoms with Crippen molar-refractivity contribution < 1.29 is 23.4 Å². The smallest absolute Gasteiger partial charge is 0.274 e. The van der Waals surface area contributed by atoms with Crippen molar-refractivity contribution in [3.63, 3.8) is 0 Å². The van der Waals surface area contributed by atoms with Gasteiger partial charge in [-0.3, -0.25) is 4.79 Å². The zero-order valence-electron chi connectivity index (χ0n) is 15.6. The molecule has 0 unspecified atom stereocenters. The van der Waals surface area contributed by atoms with Crippen LogP contribution in [0, 0.1) is 11.6 Å². The molecule has 1 aromatic heterocycles. The molecular formula is C21H19F2N3O3. The fraction of sp³-hybridized carbons (Fsp3) is 0.143. The summed E-state index contributed by atoms with van der Waals surface area (Å²) < 4.78 is 31.1. The highest BCUT2D eigenvalue weighted by atomic mass is 19.1. The van der Waals surface area contributed by atoms with Crippen LogP contribution in [0.5, 0.6) is 11.5 Å². The number of rotatable bonds is 7. The molecule has 0 atom stereocenters. The standard InChI is InChI=1S/C21H19F2N3O3/c1-29-17-10-18(24-11-13-2-6-15(22)7-3-13)26-19(20(17)27)21(28)25-12-14-4-8-16(23)9-5-14/h2-10,27H,11-12H2,1H3,(H,24,26)(H,25,28). The van der Waals surface area contributed by atoms with Crippen LogP contribution >= 0.6 is 0 Å². The quantitative estimate of drug-likeness (QED) is 0.565. The number of halogens is 2. The third kappa shape index (κ3) is 5.19. The average molecular weight is 399 g/mol. The number of anilines is 1. The molecule has 150 valence electrons. The Bertz CT molecular complexity index is 993. The first-order valence-electron chi connectivity index (χ1n) is 8.75. The molecule has 0 aliphatic rings. The fourth-order valence-electron chi connectivity index (χ4n) is 2.58. The van der Waals surface area contributed by atoms with Crippen LogP contribution in [0.2, 0.25) is 0 Å². The van der Waals surface area contributed by atoms with Crippen LogP contribution in [-0.4, -0.2) is 23.1 Å². The largest absolute Gasteiger partial charge is 0.503 e. The zero-order chi connectivity index (χ0) is 20.8. The summed E-state index contributed by atoms with van der Waals surface area (Å²) in [6, 6.07) is 13.1. The molecule has 0 aliphatic carbocycles. The number of amides is 1. The molecule has 0 saturated heterocycles. The number of nitrogens with one attached hydrogen (secondary N) is 2. The third-order valence-electron chi connectivity index (χ3n) is 4.15. The van der Waals surface area contributed by atoms with E-state index in [0.717, 1.165) is 5.56 Å². The van der Waals surface area contributed by atoms with Crippen LogP contribution in [0.3, 0.4) is 0 Å². The van der Waals surface area contributed by atoms with E-state index in [1.807, 2.05) is 0 Å². The number of hydrogen-bond donors (Lipinski definition) is 3. The van der Waals surface area contributed by atoms with Gasteiger partial charge in [0.1, 0.15) is 17.5 Å². The Balaban J connectivity index is 1.74. The van der Waals surface area contributed by atoms with Crippen LogP contribution < -0.4 is 15.4 Å². The minimum atomic E-state index is -0.615. The van der Waals surface area contributed by atoms with Gasteiger partial charge in [-0.1, -0.05) is 24.3 Å². The lowest BCUT2D eigenvalue weighted by Gasteiger charge is -2.13. The number of nitrogens with zero attached hydrogens (tertiary/aromatic N) is 1. The van der Waals surface area contributed by atoms with Crippen molar-refractivity contribution in [2.45, 2.75) is 13.1 Å². The van der Waals surface area contributed by atoms with Gasteiger partial charge in [-0.25, -0.2) is 13.8 Å². The lowest BCUT2D eigenvalue weighted by molar-refractivity contribution is 0.0942. The first-order valence-corrected chi connectivity index (χ1v) is 8.75. The number of ether oxygens (including phenoxy) is 1. The number of benzene rings is 2. The predicted molar refractivity (Wildman–Crippen MR) is 104 cm³/mol. The first-order chi connectivity index (χ1) is 14.0. The zero-order valence-corrected chi connectivity index (χ0v) is 15.6. The fourth-order valence-corrected chi connectivity index (χ4v) is 2.58. The summed E-state index contributed by atoms with van der Waals surface area (Å²) >= 11 is 0. The Kier molecular flexibility index (Phi) is 6.23. The van der Waals surface area contributed by atoms with Gasteiger partial charge in [-0.2, -0.15) is 0 Å². The van der Waals surface area contributed by atoms with Gasteiger partial charge < -0.3 is 20.5 Å². The second-order valence-corrected chi connectivity index (χ2v) is 6.20. The molecule has 0 bridgehead atoms. The van der Waals surface area contributed by atoms with E-state index in [1.54, 1.807) is 24.3 Å². The molecular weight excluding hydrogens is 380 g/mol. The minimum absolute atomic E-state index is 0.0774. The number of aromatic nitrogens is 1. The Hall–Kier alpha value is -3.68. The molecule has 0 aliphatic heterocycles. The number of aromatic hydroxyl groups is 1. The molecule has 0 saturated carbocycles. The van der Waals surface area contributed by atoms with Gasteiger partial charge in [0.2, 0.25) is 0 Å². The summed E-state index contributed by atoms with van der Waals surface area (Å²) in [5, 5.41) is 15.9. The van der Waals surface area contributed by atoms with Gasteiger partial charge in [-0.05, 0) is 35.4 Å². The van der Waals surface area contributed by atoms with Crippen LogP contribution in [0.15, 0.2) is 54.6 Å². The summed E-state index contributed by atoms with van der Waals surface area (Å²) in [5.41, 5.74) is 1.28. The Morgan fingerprint density at radius 3 is 2.10 bits per heavy atom. The molecule has 3 rings (SSSR count). The predicted octanol–water partition coefficient (Wildman–Crippen LogP) is 3.62. The molecule has 2 aromatic carbocycles. The number of carbonyl (C=O) groups excluding carboxylic acids is 1. The van der Waals surface area contributed by atoms with Gasteiger partial charge in [0, 0.05) is 19.2 Å². The maximum absolute atomic E-state index is 13.0. The van der Waals surface area contributed by atoms with Gasteiger partial charge in [0.05, 0.1) is 7.11 Å². The molecule has 3 N–H and O–H groups in total. The molecule has 0 fully saturated rings. The second kappa shape index (κ2) is 9.01. The minimum Gasteiger partial charge on any atom is -0.503 e. The van der Waals surface area contributed by atoms with E-state index < -0.39 is 11.7 Å². The highest BCUT2D eigenvalue weighted by Crippen LogP contribution is 2.31. The van der Waals surface area contributed by atoms with E-state index in [2.05, 4.69) is 15.6 Å². The summed E-state index contributed by atoms with van der Waals surface area (Å²) in [6.45, 7) is 0.466. The van der Waals surface area contributed by atoms with Crippen molar-refractivity contribution in [3.05, 3.63) is 83.1 Å². The normalized spacial score (nSPS) is 10.4. The molecule has 6 nitrogen and oxygen atoms in total. The maximum Gasteiger partial charge on any atom is 0.274 e. The second-order valence-electron chi connectivity index (χ2n) is 6.20. The summed E-state index contributed by atoms with van der Waals surface area (Å²) in [4.78, 5) is 16.7. The van der Waals surface area contributed by atoms with Crippen LogP contribution in [0.25, 0.3) is 0 Å². The lowest BCUT2D eigenvalue weighted by Crippen LogP contribution is -2.24. The van der Waals surface area contributed by atoms with Crippen LogP contribution in [0.4, 0.5) is 14.6 Å². The maximum atomic E-state index is 13.0. The van der Waals surface area contributed by atoms with E-state index in [9.17, 15) is 18.7 Å². The van der Waals surface area contributed by atoms with Crippen molar-refractivity contribution in [3.8, 4) is 11.5 Å². The molecule has 29 heavy (non-hydrogen) atoms. The van der Waals surface area contributed by atoms with Crippen molar-refractivity contribution in [1.29, 1.82) is 0 Å². The topological polar surface area (TPSA) is 83.5 Å². The summed E-state index contributed by atoms with van der Waals surface area (Å²) in [7, 11) is 1.36. The Morgan fingerprint density at radius 1 is 1.00 bits per heavy atom. The number of hydrogen-bond acceptors (Lipinski definition) is 5. The van der Waals surface area contributed by atoms with Gasteiger partial charge in [0.15, 0.2) is 17.2 Å². The van der Waals surface area contributed by atoms with Crippen molar-refractivity contribution in [1.82, 2.24) is 10.3 Å². The Labute approximate surface area is 166 Å². The number of carbonyl (C=O) groups is 1. The van der Waals surface area contributed by atoms with Crippen molar-refractivity contribution >= 4 is 11.7 Å². The van der Waals surface area contributed by atoms with E-state index >= 15 is 0 Å². The SMILES string of the molecule is COc1cc(NCc2ccc(F)cc2)nc(C(=O)NCc2ccc(F)cc2)c1O. The molecule has 3 aromatic rings.